The molecule has 6 nitrogen and oxygen atoms in total. The molecule has 1 saturated heterocycles. The molecule has 0 radical (unpaired) electrons. The first kappa shape index (κ1) is 17.3. The number of benzene rings is 2. The number of likely N-dealkylation sites (tertiary alicyclic amines) is 1. The van der Waals surface area contributed by atoms with E-state index < -0.39 is 0 Å². The molecule has 2 heterocycles. The summed E-state index contributed by atoms with van der Waals surface area (Å²) < 4.78 is 11.3. The van der Waals surface area contributed by atoms with E-state index in [2.05, 4.69) is 10.1 Å². The fourth-order valence-corrected chi connectivity index (χ4v) is 3.36. The van der Waals surface area contributed by atoms with Crippen molar-refractivity contribution < 1.29 is 14.1 Å². The molecule has 1 aliphatic rings. The van der Waals surface area contributed by atoms with Crippen LogP contribution < -0.4 is 4.74 Å². The van der Waals surface area contributed by atoms with Crippen molar-refractivity contribution in [2.24, 2.45) is 0 Å². The van der Waals surface area contributed by atoms with Gasteiger partial charge in [-0.3, -0.25) is 4.79 Å². The fourth-order valence-electron chi connectivity index (χ4n) is 3.36. The summed E-state index contributed by atoms with van der Waals surface area (Å²) in [4.78, 5) is 19.4. The molecule has 1 atom stereocenters. The highest BCUT2D eigenvalue weighted by Gasteiger charge is 2.30. The van der Waals surface area contributed by atoms with Crippen LogP contribution in [0.4, 0.5) is 0 Å². The highest BCUT2D eigenvalue weighted by atomic mass is 16.5. The maximum Gasteiger partial charge on any atom is 0.257 e. The van der Waals surface area contributed by atoms with E-state index in [-0.39, 0.29) is 11.8 Å². The average molecular weight is 363 g/mol. The lowest BCUT2D eigenvalue weighted by molar-refractivity contribution is 0.0693. The predicted molar refractivity (Wildman–Crippen MR) is 99.9 cm³/mol. The predicted octanol–water partition coefficient (Wildman–Crippen LogP) is 4.19. The van der Waals surface area contributed by atoms with Crippen LogP contribution in [0.15, 0.2) is 59.1 Å². The quantitative estimate of drug-likeness (QED) is 0.695. The molecular formula is C21H21N3O3. The molecule has 0 aliphatic carbocycles. The molecule has 6 heteroatoms. The molecule has 0 N–H and O–H groups in total. The molecule has 3 aromatic rings. The van der Waals surface area contributed by atoms with Crippen molar-refractivity contribution in [1.29, 1.82) is 0 Å². The Morgan fingerprint density at radius 3 is 2.70 bits per heavy atom. The second-order valence-corrected chi connectivity index (χ2v) is 6.68. The molecule has 0 bridgehead atoms. The van der Waals surface area contributed by atoms with Crippen molar-refractivity contribution in [1.82, 2.24) is 15.0 Å². The summed E-state index contributed by atoms with van der Waals surface area (Å²) >= 11 is 0. The van der Waals surface area contributed by atoms with Crippen molar-refractivity contribution in [2.45, 2.75) is 25.7 Å². The van der Waals surface area contributed by atoms with Gasteiger partial charge in [0, 0.05) is 13.1 Å². The van der Waals surface area contributed by atoms with Gasteiger partial charge in [0.25, 0.3) is 5.91 Å². The zero-order valence-corrected chi connectivity index (χ0v) is 15.2. The van der Waals surface area contributed by atoms with Crippen LogP contribution in [-0.4, -0.2) is 34.0 Å². The molecule has 1 fully saturated rings. The second kappa shape index (κ2) is 7.61. The molecule has 4 rings (SSSR count). The van der Waals surface area contributed by atoms with Crippen LogP contribution in [0.2, 0.25) is 0 Å². The van der Waals surface area contributed by atoms with Crippen LogP contribution >= 0.6 is 0 Å². The number of hydrogen-bond acceptors (Lipinski definition) is 5. The lowest BCUT2D eigenvalue weighted by atomic mass is 9.97. The number of piperidine rings is 1. The first-order valence-electron chi connectivity index (χ1n) is 9.12. The standard InChI is InChI=1S/C21H21N3O3/c1-15-22-20(27-23-15)16-8-7-13-24(14-16)21(25)18-11-5-6-12-19(18)26-17-9-3-2-4-10-17/h2-6,9-12,16H,7-8,13-14H2,1H3/t16-/m1/s1. The Hall–Kier alpha value is -3.15. The molecule has 0 spiro atoms. The Labute approximate surface area is 157 Å². The summed E-state index contributed by atoms with van der Waals surface area (Å²) in [7, 11) is 0. The summed E-state index contributed by atoms with van der Waals surface area (Å²) in [6.07, 6.45) is 1.84. The summed E-state index contributed by atoms with van der Waals surface area (Å²) in [5.41, 5.74) is 0.559. The number of rotatable bonds is 4. The molecule has 0 saturated carbocycles. The third-order valence-corrected chi connectivity index (χ3v) is 4.69. The first-order chi connectivity index (χ1) is 13.2. The maximum atomic E-state index is 13.2. The van der Waals surface area contributed by atoms with E-state index in [9.17, 15) is 4.79 Å². The van der Waals surface area contributed by atoms with E-state index in [1.807, 2.05) is 53.4 Å². The van der Waals surface area contributed by atoms with Gasteiger partial charge in [0.05, 0.1) is 11.5 Å². The van der Waals surface area contributed by atoms with Crippen LogP contribution in [0.25, 0.3) is 0 Å². The van der Waals surface area contributed by atoms with Crippen LogP contribution in [0.5, 0.6) is 11.5 Å². The number of aromatic nitrogens is 2. The molecule has 0 unspecified atom stereocenters. The minimum Gasteiger partial charge on any atom is -0.457 e. The number of amides is 1. The molecular weight excluding hydrogens is 342 g/mol. The Kier molecular flexibility index (Phi) is 4.87. The lowest BCUT2D eigenvalue weighted by Crippen LogP contribution is -2.39. The zero-order valence-electron chi connectivity index (χ0n) is 15.2. The number of nitrogens with zero attached hydrogens (tertiary/aromatic N) is 3. The van der Waals surface area contributed by atoms with E-state index in [4.69, 9.17) is 9.26 Å². The van der Waals surface area contributed by atoms with Crippen molar-refractivity contribution in [3.8, 4) is 11.5 Å². The van der Waals surface area contributed by atoms with E-state index >= 15 is 0 Å². The van der Waals surface area contributed by atoms with Crippen molar-refractivity contribution in [3.05, 3.63) is 71.9 Å². The van der Waals surface area contributed by atoms with Gasteiger partial charge < -0.3 is 14.2 Å². The van der Waals surface area contributed by atoms with Gasteiger partial charge >= 0.3 is 0 Å². The SMILES string of the molecule is Cc1noc([C@@H]2CCCN(C(=O)c3ccccc3Oc3ccccc3)C2)n1. The van der Waals surface area contributed by atoms with Gasteiger partial charge in [-0.25, -0.2) is 0 Å². The van der Waals surface area contributed by atoms with Crippen molar-refractivity contribution in [3.63, 3.8) is 0 Å². The van der Waals surface area contributed by atoms with Gasteiger partial charge in [-0.15, -0.1) is 0 Å². The van der Waals surface area contributed by atoms with Crippen molar-refractivity contribution in [2.75, 3.05) is 13.1 Å². The van der Waals surface area contributed by atoms with Crippen LogP contribution in [0, 0.1) is 6.92 Å². The van der Waals surface area contributed by atoms with Gasteiger partial charge in [-0.1, -0.05) is 35.5 Å². The van der Waals surface area contributed by atoms with E-state index in [1.54, 1.807) is 13.0 Å². The first-order valence-corrected chi connectivity index (χ1v) is 9.12. The number of ether oxygens (including phenoxy) is 1. The molecule has 1 aromatic heterocycles. The number of aryl methyl sites for hydroxylation is 1. The minimum absolute atomic E-state index is 0.0394. The van der Waals surface area contributed by atoms with Crippen molar-refractivity contribution >= 4 is 5.91 Å². The third kappa shape index (κ3) is 3.84. The highest BCUT2D eigenvalue weighted by molar-refractivity contribution is 5.97. The second-order valence-electron chi connectivity index (χ2n) is 6.68. The lowest BCUT2D eigenvalue weighted by Gasteiger charge is -2.31. The number of para-hydroxylation sites is 2. The Morgan fingerprint density at radius 1 is 1.15 bits per heavy atom. The van der Waals surface area contributed by atoms with Gasteiger partial charge in [-0.05, 0) is 44.0 Å². The maximum absolute atomic E-state index is 13.2. The Balaban J connectivity index is 1.54. The monoisotopic (exact) mass is 363 g/mol. The summed E-state index contributed by atoms with van der Waals surface area (Å²) in [5, 5.41) is 3.87. The number of hydrogen-bond donors (Lipinski definition) is 0. The Morgan fingerprint density at radius 2 is 1.93 bits per heavy atom. The normalized spacial score (nSPS) is 16.9. The topological polar surface area (TPSA) is 68.5 Å². The number of carbonyl (C=O) groups is 1. The third-order valence-electron chi connectivity index (χ3n) is 4.69. The zero-order chi connectivity index (χ0) is 18.6. The van der Waals surface area contributed by atoms with Gasteiger partial charge in [0.2, 0.25) is 5.89 Å². The highest BCUT2D eigenvalue weighted by Crippen LogP contribution is 2.30. The van der Waals surface area contributed by atoms with Gasteiger partial charge in [0.1, 0.15) is 11.5 Å². The summed E-state index contributed by atoms with van der Waals surface area (Å²) in [6, 6.07) is 16.8. The van der Waals surface area contributed by atoms with Crippen LogP contribution in [-0.2, 0) is 0 Å². The number of carbonyl (C=O) groups excluding carboxylic acids is 1. The Bertz CT molecular complexity index is 923. The molecule has 138 valence electrons. The molecule has 27 heavy (non-hydrogen) atoms. The summed E-state index contributed by atoms with van der Waals surface area (Å²) in [6.45, 7) is 3.08. The van der Waals surface area contributed by atoms with E-state index in [1.165, 1.54) is 0 Å². The van der Waals surface area contributed by atoms with Gasteiger partial charge in [-0.2, -0.15) is 4.98 Å². The largest absolute Gasteiger partial charge is 0.457 e. The smallest absolute Gasteiger partial charge is 0.257 e. The van der Waals surface area contributed by atoms with E-state index in [0.29, 0.717) is 41.9 Å². The fraction of sp³-hybridized carbons (Fsp3) is 0.286. The van der Waals surface area contributed by atoms with E-state index in [0.717, 1.165) is 12.8 Å². The van der Waals surface area contributed by atoms with Crippen LogP contribution in [0.1, 0.15) is 40.8 Å². The molecule has 1 amide bonds. The van der Waals surface area contributed by atoms with Gasteiger partial charge in [0.15, 0.2) is 5.82 Å². The summed E-state index contributed by atoms with van der Waals surface area (Å²) in [5.74, 6) is 2.53. The van der Waals surface area contributed by atoms with Crippen LogP contribution in [0.3, 0.4) is 0 Å². The average Bonchev–Trinajstić information content (AvgIpc) is 3.15. The molecule has 2 aromatic carbocycles. The minimum atomic E-state index is -0.0394. The molecule has 1 aliphatic heterocycles.